The van der Waals surface area contributed by atoms with Crippen LogP contribution in [0.25, 0.3) is 16.6 Å². The Labute approximate surface area is 222 Å². The van der Waals surface area contributed by atoms with Gasteiger partial charge in [0.15, 0.2) is 5.82 Å². The minimum atomic E-state index is -0.534. The van der Waals surface area contributed by atoms with E-state index in [1.54, 1.807) is 0 Å². The molecule has 9 heteroatoms. The molecule has 2 aromatic heterocycles. The Morgan fingerprint density at radius 1 is 1.05 bits per heavy atom. The molecule has 0 radical (unpaired) electrons. The van der Waals surface area contributed by atoms with Gasteiger partial charge in [0.05, 0.1) is 28.5 Å². The first kappa shape index (κ1) is 25.5. The molecule has 9 nitrogen and oxygen atoms in total. The molecule has 0 saturated carbocycles. The molecule has 1 unspecified atom stereocenters. The summed E-state index contributed by atoms with van der Waals surface area (Å²) in [6.45, 7) is 11.4. The first-order valence-corrected chi connectivity index (χ1v) is 12.9. The fourth-order valence-corrected chi connectivity index (χ4v) is 4.75. The van der Waals surface area contributed by atoms with Gasteiger partial charge in [-0.15, -0.1) is 5.10 Å². The number of alkyl carbamates (subject to hydrolysis) is 1. The quantitative estimate of drug-likeness (QED) is 0.382. The second-order valence-electron chi connectivity index (χ2n) is 10.7. The van der Waals surface area contributed by atoms with Gasteiger partial charge in [-0.3, -0.25) is 0 Å². The molecule has 0 aliphatic carbocycles. The number of aromatic nitrogens is 4. The normalized spacial score (nSPS) is 15.6. The zero-order chi connectivity index (χ0) is 26.9. The number of carbonyl (C=O) groups is 1. The SMILES string of the molecule is Cc1nnc(N2CCC(NC(=O)OC(C)(C)C)C2)c2nn(-c3ccc(OCc4ccccc4)cc3)c(C)c12. The number of nitrogens with one attached hydrogen (secondary N) is 1. The van der Waals surface area contributed by atoms with Crippen molar-refractivity contribution in [3.8, 4) is 11.4 Å². The standard InChI is InChI=1S/C29H34N6O3/c1-19-25-20(2)35(23-11-13-24(14-12-23)37-18-21-9-7-6-8-10-21)33-26(25)27(32-31-19)34-16-15-22(17-34)30-28(36)38-29(3,4)5/h6-14,22H,15-18H2,1-5H3,(H,30,36). The van der Waals surface area contributed by atoms with Crippen LogP contribution in [0.1, 0.15) is 44.1 Å². The molecule has 1 amide bonds. The maximum Gasteiger partial charge on any atom is 0.407 e. The largest absolute Gasteiger partial charge is 0.489 e. The molecule has 1 N–H and O–H groups in total. The van der Waals surface area contributed by atoms with Gasteiger partial charge in [-0.2, -0.15) is 10.2 Å². The van der Waals surface area contributed by atoms with Crippen LogP contribution >= 0.6 is 0 Å². The smallest absolute Gasteiger partial charge is 0.407 e. The van der Waals surface area contributed by atoms with Crippen LogP contribution in [-0.2, 0) is 11.3 Å². The van der Waals surface area contributed by atoms with Gasteiger partial charge >= 0.3 is 6.09 Å². The summed E-state index contributed by atoms with van der Waals surface area (Å²) in [5, 5.41) is 17.9. The van der Waals surface area contributed by atoms with Crippen molar-refractivity contribution in [3.05, 3.63) is 71.5 Å². The summed E-state index contributed by atoms with van der Waals surface area (Å²) in [4.78, 5) is 14.4. The van der Waals surface area contributed by atoms with Crippen LogP contribution in [-0.4, -0.2) is 50.8 Å². The zero-order valence-corrected chi connectivity index (χ0v) is 22.6. The number of fused-ring (bicyclic) bond motifs is 1. The molecule has 1 saturated heterocycles. The second-order valence-corrected chi connectivity index (χ2v) is 10.7. The number of nitrogens with zero attached hydrogens (tertiary/aromatic N) is 5. The number of hydrogen-bond acceptors (Lipinski definition) is 7. The summed E-state index contributed by atoms with van der Waals surface area (Å²) >= 11 is 0. The average molecular weight is 515 g/mol. The molecule has 1 atom stereocenters. The third-order valence-corrected chi connectivity index (χ3v) is 6.52. The van der Waals surface area contributed by atoms with E-state index in [-0.39, 0.29) is 6.04 Å². The highest BCUT2D eigenvalue weighted by molar-refractivity contribution is 5.92. The highest BCUT2D eigenvalue weighted by atomic mass is 16.6. The summed E-state index contributed by atoms with van der Waals surface area (Å²) in [5.74, 6) is 1.52. The van der Waals surface area contributed by atoms with Gasteiger partial charge in [0.1, 0.15) is 23.5 Å². The van der Waals surface area contributed by atoms with Crippen molar-refractivity contribution in [2.75, 3.05) is 18.0 Å². The zero-order valence-electron chi connectivity index (χ0n) is 22.6. The predicted molar refractivity (Wildman–Crippen MR) is 147 cm³/mol. The topological polar surface area (TPSA) is 94.4 Å². The number of hydrogen-bond donors (Lipinski definition) is 1. The van der Waals surface area contributed by atoms with E-state index in [0.717, 1.165) is 58.1 Å². The fraction of sp³-hybridized carbons (Fsp3) is 0.379. The van der Waals surface area contributed by atoms with Crippen LogP contribution in [0.15, 0.2) is 54.6 Å². The van der Waals surface area contributed by atoms with E-state index in [2.05, 4.69) is 20.4 Å². The lowest BCUT2D eigenvalue weighted by Gasteiger charge is -2.22. The number of benzene rings is 2. The van der Waals surface area contributed by atoms with E-state index in [1.165, 1.54) is 0 Å². The van der Waals surface area contributed by atoms with E-state index in [1.807, 2.05) is 93.9 Å². The van der Waals surface area contributed by atoms with Gasteiger partial charge in [-0.05, 0) is 70.9 Å². The van der Waals surface area contributed by atoms with Crippen molar-refractivity contribution in [1.29, 1.82) is 0 Å². The Morgan fingerprint density at radius 3 is 2.50 bits per heavy atom. The predicted octanol–water partition coefficient (Wildman–Crippen LogP) is 5.11. The summed E-state index contributed by atoms with van der Waals surface area (Å²) in [6.07, 6.45) is 0.390. The molecule has 4 aromatic rings. The van der Waals surface area contributed by atoms with Crippen LogP contribution in [0, 0.1) is 13.8 Å². The Morgan fingerprint density at radius 2 is 1.79 bits per heavy atom. The van der Waals surface area contributed by atoms with Crippen LogP contribution in [0.2, 0.25) is 0 Å². The van der Waals surface area contributed by atoms with Gasteiger partial charge in [-0.1, -0.05) is 30.3 Å². The van der Waals surface area contributed by atoms with Gasteiger partial charge in [-0.25, -0.2) is 9.48 Å². The molecule has 0 spiro atoms. The minimum absolute atomic E-state index is 0.0328. The molecule has 3 heterocycles. The maximum atomic E-state index is 12.3. The number of carbonyl (C=O) groups excluding carboxylic acids is 1. The molecule has 1 aliphatic heterocycles. The molecule has 1 aliphatic rings. The first-order valence-electron chi connectivity index (χ1n) is 12.9. The van der Waals surface area contributed by atoms with Gasteiger partial charge in [0, 0.05) is 13.1 Å². The molecule has 198 valence electrons. The van der Waals surface area contributed by atoms with Crippen molar-refractivity contribution in [3.63, 3.8) is 0 Å². The summed E-state index contributed by atoms with van der Waals surface area (Å²) in [5.41, 5.74) is 4.15. The highest BCUT2D eigenvalue weighted by Gasteiger charge is 2.29. The average Bonchev–Trinajstić information content (AvgIpc) is 3.48. The van der Waals surface area contributed by atoms with Crippen LogP contribution in [0.4, 0.5) is 10.6 Å². The molecule has 1 fully saturated rings. The number of rotatable bonds is 6. The highest BCUT2D eigenvalue weighted by Crippen LogP contribution is 2.31. The number of aryl methyl sites for hydroxylation is 2. The summed E-state index contributed by atoms with van der Waals surface area (Å²) < 4.78 is 13.3. The molecular weight excluding hydrogens is 480 g/mol. The summed E-state index contributed by atoms with van der Waals surface area (Å²) in [6, 6.07) is 18.0. The molecule has 0 bridgehead atoms. The van der Waals surface area contributed by atoms with E-state index in [4.69, 9.17) is 14.6 Å². The molecule has 2 aromatic carbocycles. The number of ether oxygens (including phenoxy) is 2. The van der Waals surface area contributed by atoms with Gasteiger partial charge in [0.25, 0.3) is 0 Å². The van der Waals surface area contributed by atoms with Crippen molar-refractivity contribution in [1.82, 2.24) is 25.3 Å². The van der Waals surface area contributed by atoms with Crippen molar-refractivity contribution >= 4 is 22.8 Å². The molecule has 5 rings (SSSR count). The maximum absolute atomic E-state index is 12.3. The number of amides is 1. The Hall–Kier alpha value is -4.14. The first-order chi connectivity index (χ1) is 18.2. The third kappa shape index (κ3) is 5.56. The van der Waals surface area contributed by atoms with E-state index >= 15 is 0 Å². The Balaban J connectivity index is 1.34. The lowest BCUT2D eigenvalue weighted by molar-refractivity contribution is 0.0509. The lowest BCUT2D eigenvalue weighted by Crippen LogP contribution is -2.40. The van der Waals surface area contributed by atoms with Crippen LogP contribution < -0.4 is 15.0 Å². The third-order valence-electron chi connectivity index (χ3n) is 6.52. The van der Waals surface area contributed by atoms with E-state index in [0.29, 0.717) is 13.2 Å². The summed E-state index contributed by atoms with van der Waals surface area (Å²) in [7, 11) is 0. The van der Waals surface area contributed by atoms with Crippen LogP contribution in [0.3, 0.4) is 0 Å². The van der Waals surface area contributed by atoms with E-state index < -0.39 is 11.7 Å². The Kier molecular flexibility index (Phi) is 6.93. The van der Waals surface area contributed by atoms with Crippen molar-refractivity contribution in [2.24, 2.45) is 0 Å². The Bertz CT molecular complexity index is 1430. The van der Waals surface area contributed by atoms with Gasteiger partial charge in [0.2, 0.25) is 0 Å². The fourth-order valence-electron chi connectivity index (χ4n) is 4.75. The van der Waals surface area contributed by atoms with Crippen molar-refractivity contribution < 1.29 is 14.3 Å². The molecular formula is C29H34N6O3. The minimum Gasteiger partial charge on any atom is -0.489 e. The van der Waals surface area contributed by atoms with E-state index in [9.17, 15) is 4.79 Å². The van der Waals surface area contributed by atoms with Crippen LogP contribution in [0.5, 0.6) is 5.75 Å². The number of anilines is 1. The molecule has 38 heavy (non-hydrogen) atoms. The monoisotopic (exact) mass is 514 g/mol. The van der Waals surface area contributed by atoms with Gasteiger partial charge < -0.3 is 19.7 Å². The second kappa shape index (κ2) is 10.3. The lowest BCUT2D eigenvalue weighted by atomic mass is 10.2. The van der Waals surface area contributed by atoms with Crippen molar-refractivity contribution in [2.45, 2.75) is 59.3 Å².